The first-order chi connectivity index (χ1) is 12.2. The van der Waals surface area contributed by atoms with Crippen LogP contribution in [0.3, 0.4) is 0 Å². The number of carbonyl (C=O) groups is 1. The molecular formula is C20H21NO4. The van der Waals surface area contributed by atoms with E-state index in [9.17, 15) is 9.59 Å². The molecular weight excluding hydrogens is 318 g/mol. The molecule has 0 spiro atoms. The number of nitrogens with one attached hydrogen (secondary N) is 1. The van der Waals surface area contributed by atoms with Crippen molar-refractivity contribution in [3.63, 3.8) is 0 Å². The Kier molecular flexibility index (Phi) is 5.39. The van der Waals surface area contributed by atoms with Crippen molar-refractivity contribution in [3.05, 3.63) is 40.2 Å². The zero-order valence-corrected chi connectivity index (χ0v) is 14.0. The van der Waals surface area contributed by atoms with Gasteiger partial charge in [-0.3, -0.25) is 9.59 Å². The van der Waals surface area contributed by atoms with E-state index in [1.807, 2.05) is 0 Å². The molecule has 25 heavy (non-hydrogen) atoms. The minimum Gasteiger partial charge on any atom is -0.481 e. The number of rotatable bonds is 5. The fourth-order valence-electron chi connectivity index (χ4n) is 3.18. The standard InChI is InChI=1S/C20H21NO4/c1-2-10-24-15-8-9-18-16(11-15)17(22)12-19(25-18)20(23)21-13-14-6-4-3-5-7-14/h1,8-9,11-12,14H,3-7,10,13H2,(H,21,23). The molecule has 1 heterocycles. The third-order valence-electron chi connectivity index (χ3n) is 4.52. The Morgan fingerprint density at radius 1 is 1.28 bits per heavy atom. The minimum atomic E-state index is -0.350. The zero-order valence-electron chi connectivity index (χ0n) is 14.0. The topological polar surface area (TPSA) is 68.5 Å². The summed E-state index contributed by atoms with van der Waals surface area (Å²) in [5.74, 6) is 3.06. The Balaban J connectivity index is 1.74. The van der Waals surface area contributed by atoms with Crippen LogP contribution in [-0.2, 0) is 0 Å². The smallest absolute Gasteiger partial charge is 0.287 e. The molecule has 0 aliphatic heterocycles. The van der Waals surface area contributed by atoms with Gasteiger partial charge in [-0.1, -0.05) is 25.2 Å². The highest BCUT2D eigenvalue weighted by molar-refractivity contribution is 5.93. The van der Waals surface area contributed by atoms with Crippen molar-refractivity contribution >= 4 is 16.9 Å². The number of carbonyl (C=O) groups excluding carboxylic acids is 1. The van der Waals surface area contributed by atoms with Gasteiger partial charge in [0, 0.05) is 12.6 Å². The van der Waals surface area contributed by atoms with Crippen molar-refractivity contribution in [1.82, 2.24) is 5.32 Å². The second kappa shape index (κ2) is 7.89. The molecule has 1 amide bonds. The van der Waals surface area contributed by atoms with E-state index in [4.69, 9.17) is 15.6 Å². The van der Waals surface area contributed by atoms with Crippen LogP contribution in [0.2, 0.25) is 0 Å². The number of amides is 1. The summed E-state index contributed by atoms with van der Waals surface area (Å²) in [5, 5.41) is 3.24. The molecule has 0 saturated heterocycles. The average molecular weight is 339 g/mol. The number of ether oxygens (including phenoxy) is 1. The van der Waals surface area contributed by atoms with Gasteiger partial charge in [-0.25, -0.2) is 0 Å². The second-order valence-corrected chi connectivity index (χ2v) is 6.34. The van der Waals surface area contributed by atoms with Crippen molar-refractivity contribution in [1.29, 1.82) is 0 Å². The number of fused-ring (bicyclic) bond motifs is 1. The van der Waals surface area contributed by atoms with Crippen LogP contribution in [0.25, 0.3) is 11.0 Å². The Bertz CT molecular complexity index is 856. The number of benzene rings is 1. The van der Waals surface area contributed by atoms with E-state index in [1.54, 1.807) is 18.2 Å². The normalized spacial score (nSPS) is 14.8. The molecule has 5 nitrogen and oxygen atoms in total. The summed E-state index contributed by atoms with van der Waals surface area (Å²) >= 11 is 0. The number of hydrogen-bond acceptors (Lipinski definition) is 4. The molecule has 0 radical (unpaired) electrons. The lowest BCUT2D eigenvalue weighted by atomic mass is 9.89. The largest absolute Gasteiger partial charge is 0.481 e. The first-order valence-corrected chi connectivity index (χ1v) is 8.60. The van der Waals surface area contributed by atoms with E-state index in [0.29, 0.717) is 29.2 Å². The summed E-state index contributed by atoms with van der Waals surface area (Å²) < 4.78 is 10.9. The maximum absolute atomic E-state index is 12.3. The minimum absolute atomic E-state index is 0.0330. The Hall–Kier alpha value is -2.74. The van der Waals surface area contributed by atoms with E-state index < -0.39 is 0 Å². The van der Waals surface area contributed by atoms with Gasteiger partial charge < -0.3 is 14.5 Å². The van der Waals surface area contributed by atoms with Gasteiger partial charge in [0.25, 0.3) is 5.91 Å². The molecule has 1 saturated carbocycles. The van der Waals surface area contributed by atoms with Crippen LogP contribution in [0.15, 0.2) is 33.5 Å². The van der Waals surface area contributed by atoms with Crippen LogP contribution in [0.5, 0.6) is 5.75 Å². The van der Waals surface area contributed by atoms with Crippen LogP contribution in [0.1, 0.15) is 42.7 Å². The van der Waals surface area contributed by atoms with Gasteiger partial charge in [-0.05, 0) is 37.0 Å². The molecule has 1 N–H and O–H groups in total. The summed E-state index contributed by atoms with van der Waals surface area (Å²) in [4.78, 5) is 24.6. The third-order valence-corrected chi connectivity index (χ3v) is 4.52. The van der Waals surface area contributed by atoms with Crippen molar-refractivity contribution in [2.45, 2.75) is 32.1 Å². The molecule has 1 aromatic heterocycles. The molecule has 1 aliphatic rings. The van der Waals surface area contributed by atoms with E-state index in [-0.39, 0.29) is 23.7 Å². The molecule has 0 unspecified atom stereocenters. The summed E-state index contributed by atoms with van der Waals surface area (Å²) in [6.45, 7) is 0.748. The quantitative estimate of drug-likeness (QED) is 0.850. The summed E-state index contributed by atoms with van der Waals surface area (Å²) in [6, 6.07) is 6.07. The number of terminal acetylenes is 1. The second-order valence-electron chi connectivity index (χ2n) is 6.34. The van der Waals surface area contributed by atoms with Crippen LogP contribution in [-0.4, -0.2) is 19.1 Å². The highest BCUT2D eigenvalue weighted by atomic mass is 16.5. The predicted octanol–water partition coefficient (Wildman–Crippen LogP) is 3.12. The molecule has 1 aliphatic carbocycles. The van der Waals surface area contributed by atoms with Crippen molar-refractivity contribution in [2.75, 3.05) is 13.2 Å². The van der Waals surface area contributed by atoms with Gasteiger partial charge in [0.2, 0.25) is 0 Å². The van der Waals surface area contributed by atoms with E-state index in [0.717, 1.165) is 12.8 Å². The van der Waals surface area contributed by atoms with Crippen LogP contribution in [0, 0.1) is 18.3 Å². The maximum atomic E-state index is 12.3. The highest BCUT2D eigenvalue weighted by Gasteiger charge is 2.17. The van der Waals surface area contributed by atoms with E-state index in [1.165, 1.54) is 25.3 Å². The Morgan fingerprint density at radius 2 is 2.08 bits per heavy atom. The molecule has 5 heteroatoms. The zero-order chi connectivity index (χ0) is 17.6. The third kappa shape index (κ3) is 4.21. The van der Waals surface area contributed by atoms with Gasteiger partial charge >= 0.3 is 0 Å². The highest BCUT2D eigenvalue weighted by Crippen LogP contribution is 2.23. The summed E-state index contributed by atoms with van der Waals surface area (Å²) in [6.07, 6.45) is 11.1. The fourth-order valence-corrected chi connectivity index (χ4v) is 3.18. The van der Waals surface area contributed by atoms with Crippen molar-refractivity contribution in [3.8, 4) is 18.1 Å². The fraction of sp³-hybridized carbons (Fsp3) is 0.400. The molecule has 0 bridgehead atoms. The van der Waals surface area contributed by atoms with Gasteiger partial charge in [-0.15, -0.1) is 6.42 Å². The molecule has 0 atom stereocenters. The lowest BCUT2D eigenvalue weighted by molar-refractivity contribution is 0.0916. The Morgan fingerprint density at radius 3 is 2.84 bits per heavy atom. The van der Waals surface area contributed by atoms with Crippen molar-refractivity contribution < 1.29 is 13.9 Å². The summed E-state index contributed by atoms with van der Waals surface area (Å²) in [7, 11) is 0. The first kappa shape index (κ1) is 17.1. The molecule has 130 valence electrons. The lowest BCUT2D eigenvalue weighted by Crippen LogP contribution is -2.30. The molecule has 1 aromatic carbocycles. The average Bonchev–Trinajstić information content (AvgIpc) is 2.65. The summed E-state index contributed by atoms with van der Waals surface area (Å²) in [5.41, 5.74) is 0.0681. The monoisotopic (exact) mass is 339 g/mol. The van der Waals surface area contributed by atoms with Crippen LogP contribution < -0.4 is 15.5 Å². The first-order valence-electron chi connectivity index (χ1n) is 8.60. The Labute approximate surface area is 146 Å². The molecule has 1 fully saturated rings. The number of hydrogen-bond donors (Lipinski definition) is 1. The predicted molar refractivity (Wildman–Crippen MR) is 95.7 cm³/mol. The van der Waals surface area contributed by atoms with E-state index >= 15 is 0 Å². The van der Waals surface area contributed by atoms with Gasteiger partial charge in [0.05, 0.1) is 5.39 Å². The lowest BCUT2D eigenvalue weighted by Gasteiger charge is -2.21. The van der Waals surface area contributed by atoms with E-state index in [2.05, 4.69) is 11.2 Å². The van der Waals surface area contributed by atoms with Gasteiger partial charge in [0.1, 0.15) is 17.9 Å². The SMILES string of the molecule is C#CCOc1ccc2oc(C(=O)NCC3CCCCC3)cc(=O)c2c1. The molecule has 3 rings (SSSR count). The van der Waals surface area contributed by atoms with Crippen molar-refractivity contribution in [2.24, 2.45) is 5.92 Å². The molecule has 2 aromatic rings. The van der Waals surface area contributed by atoms with Gasteiger partial charge in [-0.2, -0.15) is 0 Å². The maximum Gasteiger partial charge on any atom is 0.287 e. The van der Waals surface area contributed by atoms with Gasteiger partial charge in [0.15, 0.2) is 11.2 Å². The van der Waals surface area contributed by atoms with Crippen LogP contribution in [0.4, 0.5) is 0 Å². The van der Waals surface area contributed by atoms with Crippen LogP contribution >= 0.6 is 0 Å².